The normalized spacial score (nSPS) is 11.9. The highest BCUT2D eigenvalue weighted by atomic mass is 16.2. The molecule has 0 fully saturated rings. The number of carbonyl (C=O) groups excluding carboxylic acids is 1. The van der Waals surface area contributed by atoms with Gasteiger partial charge in [-0.3, -0.25) is 4.79 Å². The van der Waals surface area contributed by atoms with Crippen LogP contribution in [0.3, 0.4) is 0 Å². The molecule has 2 rings (SSSR count). The van der Waals surface area contributed by atoms with Crippen LogP contribution in [-0.4, -0.2) is 11.9 Å². The molecule has 3 heteroatoms. The molecule has 0 radical (unpaired) electrons. The van der Waals surface area contributed by atoms with Gasteiger partial charge in [-0.15, -0.1) is 0 Å². The second-order valence-corrected chi connectivity index (χ2v) is 5.14. The average molecular weight is 282 g/mol. The molecule has 1 atom stereocenters. The lowest BCUT2D eigenvalue weighted by Gasteiger charge is -2.14. The third kappa shape index (κ3) is 4.43. The van der Waals surface area contributed by atoms with Crippen LogP contribution in [0, 0.1) is 0 Å². The van der Waals surface area contributed by atoms with Crippen LogP contribution in [0.1, 0.15) is 23.6 Å². The van der Waals surface area contributed by atoms with Crippen molar-refractivity contribution in [1.29, 1.82) is 0 Å². The summed E-state index contributed by atoms with van der Waals surface area (Å²) in [6.07, 6.45) is 1.52. The van der Waals surface area contributed by atoms with E-state index in [1.165, 1.54) is 5.56 Å². The van der Waals surface area contributed by atoms with Gasteiger partial charge in [0, 0.05) is 6.54 Å². The van der Waals surface area contributed by atoms with Crippen molar-refractivity contribution in [2.75, 3.05) is 0 Å². The fourth-order valence-electron chi connectivity index (χ4n) is 2.35. The monoisotopic (exact) mass is 282 g/mol. The Morgan fingerprint density at radius 1 is 1.05 bits per heavy atom. The van der Waals surface area contributed by atoms with Crippen molar-refractivity contribution < 1.29 is 4.79 Å². The number of carbonyl (C=O) groups is 1. The Labute approximate surface area is 126 Å². The highest BCUT2D eigenvalue weighted by Gasteiger charge is 2.13. The van der Waals surface area contributed by atoms with Crippen LogP contribution < -0.4 is 11.1 Å². The molecule has 0 aliphatic heterocycles. The van der Waals surface area contributed by atoms with Crippen LogP contribution in [0.5, 0.6) is 0 Å². The molecular formula is C18H22N2O. The van der Waals surface area contributed by atoms with E-state index in [0.29, 0.717) is 13.0 Å². The molecule has 0 spiro atoms. The van der Waals surface area contributed by atoms with E-state index in [0.717, 1.165) is 17.5 Å². The van der Waals surface area contributed by atoms with Gasteiger partial charge in [0.1, 0.15) is 0 Å². The quantitative estimate of drug-likeness (QED) is 0.855. The van der Waals surface area contributed by atoms with Gasteiger partial charge < -0.3 is 11.1 Å². The van der Waals surface area contributed by atoms with E-state index in [9.17, 15) is 4.79 Å². The van der Waals surface area contributed by atoms with Gasteiger partial charge in [0.15, 0.2) is 0 Å². The number of benzene rings is 2. The number of nitrogens with two attached hydrogens (primary N) is 1. The molecule has 2 aromatic rings. The van der Waals surface area contributed by atoms with Gasteiger partial charge in [-0.2, -0.15) is 0 Å². The Bertz CT molecular complexity index is 581. The smallest absolute Gasteiger partial charge is 0.237 e. The first kappa shape index (κ1) is 15.3. The van der Waals surface area contributed by atoms with Crippen molar-refractivity contribution in [2.24, 2.45) is 5.73 Å². The minimum absolute atomic E-state index is 0.107. The molecule has 21 heavy (non-hydrogen) atoms. The van der Waals surface area contributed by atoms with Crippen molar-refractivity contribution in [3.05, 3.63) is 71.3 Å². The third-order valence-corrected chi connectivity index (χ3v) is 3.59. The number of hydrogen-bond donors (Lipinski definition) is 2. The lowest BCUT2D eigenvalue weighted by molar-refractivity contribution is -0.122. The van der Waals surface area contributed by atoms with Crippen LogP contribution >= 0.6 is 0 Å². The second-order valence-electron chi connectivity index (χ2n) is 5.14. The van der Waals surface area contributed by atoms with E-state index < -0.39 is 6.04 Å². The Balaban J connectivity index is 1.89. The summed E-state index contributed by atoms with van der Waals surface area (Å²) in [5.41, 5.74) is 9.46. The van der Waals surface area contributed by atoms with Gasteiger partial charge in [-0.25, -0.2) is 0 Å². The molecule has 2 aromatic carbocycles. The maximum absolute atomic E-state index is 12.1. The van der Waals surface area contributed by atoms with E-state index in [1.54, 1.807) is 0 Å². The molecule has 110 valence electrons. The predicted octanol–water partition coefficient (Wildman–Crippen LogP) is 2.44. The van der Waals surface area contributed by atoms with Crippen LogP contribution in [0.4, 0.5) is 0 Å². The fraction of sp³-hybridized carbons (Fsp3) is 0.278. The third-order valence-electron chi connectivity index (χ3n) is 3.59. The maximum Gasteiger partial charge on any atom is 0.237 e. The molecule has 0 saturated carbocycles. The van der Waals surface area contributed by atoms with Gasteiger partial charge >= 0.3 is 0 Å². The van der Waals surface area contributed by atoms with Gasteiger partial charge in [0.2, 0.25) is 5.91 Å². The SMILES string of the molecule is CCc1ccccc1CNC(=O)[C@@H](N)Cc1ccccc1. The summed E-state index contributed by atoms with van der Waals surface area (Å²) in [6, 6.07) is 17.5. The summed E-state index contributed by atoms with van der Waals surface area (Å²) < 4.78 is 0. The van der Waals surface area contributed by atoms with Crippen LogP contribution in [0.15, 0.2) is 54.6 Å². The number of aryl methyl sites for hydroxylation is 1. The lowest BCUT2D eigenvalue weighted by Crippen LogP contribution is -2.41. The predicted molar refractivity (Wildman–Crippen MR) is 85.8 cm³/mol. The molecule has 0 saturated heterocycles. The van der Waals surface area contributed by atoms with E-state index in [1.807, 2.05) is 48.5 Å². The molecule has 3 nitrogen and oxygen atoms in total. The summed E-state index contributed by atoms with van der Waals surface area (Å²) in [4.78, 5) is 12.1. The molecule has 0 aliphatic rings. The Kier molecular flexibility index (Phi) is 5.52. The van der Waals surface area contributed by atoms with E-state index >= 15 is 0 Å². The summed E-state index contributed by atoms with van der Waals surface area (Å²) in [7, 11) is 0. The second kappa shape index (κ2) is 7.60. The molecule has 1 amide bonds. The van der Waals surface area contributed by atoms with Crippen molar-refractivity contribution in [1.82, 2.24) is 5.32 Å². The first-order chi connectivity index (χ1) is 10.2. The van der Waals surface area contributed by atoms with Crippen molar-refractivity contribution >= 4 is 5.91 Å². The van der Waals surface area contributed by atoms with Gasteiger partial charge in [0.25, 0.3) is 0 Å². The number of nitrogens with one attached hydrogen (secondary N) is 1. The molecule has 3 N–H and O–H groups in total. The van der Waals surface area contributed by atoms with Crippen molar-refractivity contribution in [2.45, 2.75) is 32.4 Å². The highest BCUT2D eigenvalue weighted by molar-refractivity contribution is 5.81. The summed E-state index contributed by atoms with van der Waals surface area (Å²) in [6.45, 7) is 2.65. The molecule has 0 aliphatic carbocycles. The molecule has 0 bridgehead atoms. The first-order valence-corrected chi connectivity index (χ1v) is 7.34. The molecule has 0 unspecified atom stereocenters. The van der Waals surface area contributed by atoms with Crippen LogP contribution in [-0.2, 0) is 24.2 Å². The standard InChI is InChI=1S/C18H22N2O/c1-2-15-10-6-7-11-16(15)13-20-18(21)17(19)12-14-8-4-3-5-9-14/h3-11,17H,2,12-13,19H2,1H3,(H,20,21)/t17-/m0/s1. The Morgan fingerprint density at radius 2 is 1.67 bits per heavy atom. The van der Waals surface area contributed by atoms with Crippen molar-refractivity contribution in [3.63, 3.8) is 0 Å². The van der Waals surface area contributed by atoms with Gasteiger partial charge in [-0.05, 0) is 29.5 Å². The van der Waals surface area contributed by atoms with Gasteiger partial charge in [-0.1, -0.05) is 61.5 Å². The largest absolute Gasteiger partial charge is 0.351 e. The zero-order valence-electron chi connectivity index (χ0n) is 12.4. The van der Waals surface area contributed by atoms with E-state index in [-0.39, 0.29) is 5.91 Å². The lowest BCUT2D eigenvalue weighted by atomic mass is 10.0. The maximum atomic E-state index is 12.1. The van der Waals surface area contributed by atoms with Crippen LogP contribution in [0.2, 0.25) is 0 Å². The topological polar surface area (TPSA) is 55.1 Å². The van der Waals surface area contributed by atoms with E-state index in [2.05, 4.69) is 18.3 Å². The molecule has 0 aromatic heterocycles. The Morgan fingerprint density at radius 3 is 2.33 bits per heavy atom. The Hall–Kier alpha value is -2.13. The average Bonchev–Trinajstić information content (AvgIpc) is 2.53. The summed E-state index contributed by atoms with van der Waals surface area (Å²) >= 11 is 0. The summed E-state index contributed by atoms with van der Waals surface area (Å²) in [5, 5.41) is 2.93. The number of amides is 1. The molecular weight excluding hydrogens is 260 g/mol. The number of rotatable bonds is 6. The zero-order valence-corrected chi connectivity index (χ0v) is 12.4. The highest BCUT2D eigenvalue weighted by Crippen LogP contribution is 2.09. The minimum atomic E-state index is -0.513. The zero-order chi connectivity index (χ0) is 15.1. The summed E-state index contributed by atoms with van der Waals surface area (Å²) in [5.74, 6) is -0.107. The van der Waals surface area contributed by atoms with E-state index in [4.69, 9.17) is 5.73 Å². The van der Waals surface area contributed by atoms with Crippen molar-refractivity contribution in [3.8, 4) is 0 Å². The fourth-order valence-corrected chi connectivity index (χ4v) is 2.35. The van der Waals surface area contributed by atoms with Crippen LogP contribution in [0.25, 0.3) is 0 Å². The molecule has 0 heterocycles. The minimum Gasteiger partial charge on any atom is -0.351 e. The van der Waals surface area contributed by atoms with Gasteiger partial charge in [0.05, 0.1) is 6.04 Å². The first-order valence-electron chi connectivity index (χ1n) is 7.34. The number of hydrogen-bond acceptors (Lipinski definition) is 2.